The molecule has 0 spiro atoms. The monoisotopic (exact) mass is 457 g/mol. The molecule has 0 radical (unpaired) electrons. The normalized spacial score (nSPS) is 16.0. The van der Waals surface area contributed by atoms with Crippen LogP contribution in [0.15, 0.2) is 48.5 Å². The summed E-state index contributed by atoms with van der Waals surface area (Å²) in [4.78, 5) is 13.0. The highest BCUT2D eigenvalue weighted by Gasteiger charge is 2.44. The zero-order chi connectivity index (χ0) is 24.6. The predicted molar refractivity (Wildman–Crippen MR) is 138 cm³/mol. The fourth-order valence-electron chi connectivity index (χ4n) is 5.06. The first kappa shape index (κ1) is 23.9. The molecule has 1 aliphatic rings. The number of hydrogen-bond donors (Lipinski definition) is 1. The van der Waals surface area contributed by atoms with Gasteiger partial charge < -0.3 is 14.8 Å². The van der Waals surface area contributed by atoms with Crippen LogP contribution in [0.25, 0.3) is 0 Å². The minimum absolute atomic E-state index is 0.0198. The predicted octanol–water partition coefficient (Wildman–Crippen LogP) is 6.80. The Morgan fingerprint density at radius 2 is 1.59 bits per heavy atom. The van der Waals surface area contributed by atoms with Crippen molar-refractivity contribution in [2.24, 2.45) is 0 Å². The van der Waals surface area contributed by atoms with Crippen LogP contribution in [0.4, 0.5) is 5.69 Å². The van der Waals surface area contributed by atoms with E-state index in [9.17, 15) is 4.79 Å². The van der Waals surface area contributed by atoms with E-state index in [0.717, 1.165) is 39.4 Å². The van der Waals surface area contributed by atoms with Crippen LogP contribution in [0.3, 0.4) is 0 Å². The lowest BCUT2D eigenvalue weighted by atomic mass is 9.78. The summed E-state index contributed by atoms with van der Waals surface area (Å²) in [7, 11) is 1.65. The van der Waals surface area contributed by atoms with Gasteiger partial charge in [0, 0.05) is 17.7 Å². The number of ether oxygens (including phenoxy) is 2. The van der Waals surface area contributed by atoms with Crippen molar-refractivity contribution in [3.8, 4) is 11.5 Å². The van der Waals surface area contributed by atoms with Crippen molar-refractivity contribution in [1.82, 2.24) is 0 Å². The first-order valence-electron chi connectivity index (χ1n) is 11.9. The summed E-state index contributed by atoms with van der Waals surface area (Å²) >= 11 is 0. The summed E-state index contributed by atoms with van der Waals surface area (Å²) in [6, 6.07) is 16.6. The van der Waals surface area contributed by atoms with E-state index >= 15 is 0 Å². The van der Waals surface area contributed by atoms with Gasteiger partial charge in [-0.05, 0) is 87.9 Å². The molecule has 1 aliphatic heterocycles. The molecule has 0 saturated carbocycles. The van der Waals surface area contributed by atoms with E-state index in [0.29, 0.717) is 12.8 Å². The molecular weight excluding hydrogens is 422 g/mol. The molecule has 178 valence electrons. The van der Waals surface area contributed by atoms with Crippen LogP contribution < -0.4 is 14.8 Å². The zero-order valence-corrected chi connectivity index (χ0v) is 21.3. The van der Waals surface area contributed by atoms with Crippen LogP contribution in [0.1, 0.15) is 65.1 Å². The van der Waals surface area contributed by atoms with Gasteiger partial charge in [0.15, 0.2) is 0 Å². The van der Waals surface area contributed by atoms with Crippen LogP contribution in [-0.2, 0) is 11.2 Å². The van der Waals surface area contributed by atoms with E-state index in [1.54, 1.807) is 7.11 Å². The second-order valence-electron chi connectivity index (χ2n) is 9.94. The number of nitrogens with one attached hydrogen (secondary N) is 1. The fourth-order valence-corrected chi connectivity index (χ4v) is 5.06. The van der Waals surface area contributed by atoms with E-state index in [2.05, 4.69) is 71.1 Å². The molecule has 0 fully saturated rings. The molecule has 0 aliphatic carbocycles. The maximum Gasteiger partial charge on any atom is 0.224 e. The molecule has 4 heteroatoms. The Labute approximate surface area is 203 Å². The van der Waals surface area contributed by atoms with Gasteiger partial charge >= 0.3 is 0 Å². The molecule has 4 rings (SSSR count). The largest absolute Gasteiger partial charge is 0.497 e. The van der Waals surface area contributed by atoms with E-state index in [1.165, 1.54) is 16.7 Å². The van der Waals surface area contributed by atoms with Crippen LogP contribution in [0.2, 0.25) is 0 Å². The van der Waals surface area contributed by atoms with E-state index in [4.69, 9.17) is 9.47 Å². The van der Waals surface area contributed by atoms with Crippen LogP contribution >= 0.6 is 0 Å². The number of carbonyl (C=O) groups is 1. The summed E-state index contributed by atoms with van der Waals surface area (Å²) in [5, 5.41) is 3.23. The number of rotatable bonds is 6. The van der Waals surface area contributed by atoms with Gasteiger partial charge in [-0.3, -0.25) is 4.79 Å². The number of carbonyl (C=O) groups excluding carboxylic acids is 1. The molecule has 1 atom stereocenters. The number of benzene rings is 3. The average molecular weight is 458 g/mol. The quantitative estimate of drug-likeness (QED) is 0.443. The molecule has 1 unspecified atom stereocenters. The first-order valence-corrected chi connectivity index (χ1v) is 11.9. The third-order valence-corrected chi connectivity index (χ3v) is 7.13. The molecule has 0 saturated heterocycles. The summed E-state index contributed by atoms with van der Waals surface area (Å²) in [5.41, 5.74) is 8.55. The Kier molecular flexibility index (Phi) is 6.44. The highest BCUT2D eigenvalue weighted by atomic mass is 16.5. The Hall–Kier alpha value is -3.27. The number of anilines is 1. The molecule has 3 aromatic rings. The average Bonchev–Trinajstić information content (AvgIpc) is 3.11. The van der Waals surface area contributed by atoms with Gasteiger partial charge in [-0.2, -0.15) is 0 Å². The SMILES string of the molecule is COc1ccc(CCC(=O)Nc2c(C)c(C)c3c(c2C)C(c2ccc(C)cc2)C(C)(C)O3)cc1. The third kappa shape index (κ3) is 4.42. The molecule has 34 heavy (non-hydrogen) atoms. The second kappa shape index (κ2) is 9.17. The first-order chi connectivity index (χ1) is 16.1. The Morgan fingerprint density at radius 3 is 2.21 bits per heavy atom. The van der Waals surface area contributed by atoms with Gasteiger partial charge in [0.05, 0.1) is 13.0 Å². The van der Waals surface area contributed by atoms with Crippen molar-refractivity contribution in [1.29, 1.82) is 0 Å². The van der Waals surface area contributed by atoms with Gasteiger partial charge in [0.1, 0.15) is 17.1 Å². The number of fused-ring (bicyclic) bond motifs is 1. The summed E-state index contributed by atoms with van der Waals surface area (Å²) in [5.74, 6) is 1.90. The topological polar surface area (TPSA) is 47.6 Å². The maximum atomic E-state index is 13.0. The van der Waals surface area contributed by atoms with Crippen molar-refractivity contribution in [2.45, 2.75) is 65.9 Å². The molecule has 4 nitrogen and oxygen atoms in total. The van der Waals surface area contributed by atoms with Crippen molar-refractivity contribution in [2.75, 3.05) is 12.4 Å². The maximum absolute atomic E-state index is 13.0. The molecule has 1 N–H and O–H groups in total. The van der Waals surface area contributed by atoms with Crippen molar-refractivity contribution >= 4 is 11.6 Å². The fraction of sp³-hybridized carbons (Fsp3) is 0.367. The van der Waals surface area contributed by atoms with Crippen molar-refractivity contribution in [3.63, 3.8) is 0 Å². The van der Waals surface area contributed by atoms with Crippen molar-refractivity contribution in [3.05, 3.63) is 87.5 Å². The molecule has 1 amide bonds. The highest BCUT2D eigenvalue weighted by molar-refractivity contribution is 5.93. The number of aryl methyl sites for hydroxylation is 2. The van der Waals surface area contributed by atoms with Gasteiger partial charge in [0.2, 0.25) is 5.91 Å². The van der Waals surface area contributed by atoms with Gasteiger partial charge in [-0.1, -0.05) is 42.0 Å². The Bertz CT molecular complexity index is 1210. The molecule has 0 bridgehead atoms. The molecule has 0 aromatic heterocycles. The van der Waals surface area contributed by atoms with Crippen molar-refractivity contribution < 1.29 is 14.3 Å². The summed E-state index contributed by atoms with van der Waals surface area (Å²) in [6.45, 7) is 12.7. The number of hydrogen-bond acceptors (Lipinski definition) is 3. The summed E-state index contributed by atoms with van der Waals surface area (Å²) < 4.78 is 11.8. The minimum atomic E-state index is -0.378. The zero-order valence-electron chi connectivity index (χ0n) is 21.3. The van der Waals surface area contributed by atoms with Crippen LogP contribution in [0.5, 0.6) is 11.5 Å². The lowest BCUT2D eigenvalue weighted by Crippen LogP contribution is -2.31. The van der Waals surface area contributed by atoms with Gasteiger partial charge in [-0.15, -0.1) is 0 Å². The lowest BCUT2D eigenvalue weighted by Gasteiger charge is -2.27. The molecular formula is C30H35NO3. The highest BCUT2D eigenvalue weighted by Crippen LogP contribution is 2.53. The number of methoxy groups -OCH3 is 1. The third-order valence-electron chi connectivity index (χ3n) is 7.13. The standard InChI is InChI=1S/C30H35NO3/c1-18-8-13-23(14-9-18)27-26-21(4)28(19(2)20(3)29(26)34-30(27,5)6)31-25(32)17-12-22-10-15-24(33-7)16-11-22/h8-11,13-16,27H,12,17H2,1-7H3,(H,31,32). The van der Waals surface area contributed by atoms with Crippen LogP contribution in [0, 0.1) is 27.7 Å². The van der Waals surface area contributed by atoms with E-state index in [1.807, 2.05) is 24.3 Å². The Morgan fingerprint density at radius 1 is 0.941 bits per heavy atom. The van der Waals surface area contributed by atoms with Crippen LogP contribution in [-0.4, -0.2) is 18.6 Å². The number of amides is 1. The smallest absolute Gasteiger partial charge is 0.224 e. The molecule has 1 heterocycles. The Balaban J connectivity index is 1.63. The van der Waals surface area contributed by atoms with Gasteiger partial charge in [0.25, 0.3) is 0 Å². The van der Waals surface area contributed by atoms with E-state index in [-0.39, 0.29) is 17.4 Å². The minimum Gasteiger partial charge on any atom is -0.497 e. The van der Waals surface area contributed by atoms with Gasteiger partial charge in [-0.25, -0.2) is 0 Å². The molecule has 3 aromatic carbocycles. The lowest BCUT2D eigenvalue weighted by molar-refractivity contribution is -0.116. The summed E-state index contributed by atoms with van der Waals surface area (Å²) in [6.07, 6.45) is 1.10. The second-order valence-corrected chi connectivity index (χ2v) is 9.94. The van der Waals surface area contributed by atoms with E-state index < -0.39 is 0 Å².